The molecule has 0 amide bonds. The van der Waals surface area contributed by atoms with Gasteiger partial charge in [0.25, 0.3) is 0 Å². The molecule has 1 N–H and O–H groups in total. The van der Waals surface area contributed by atoms with Crippen LogP contribution in [0, 0.1) is 17.5 Å². The summed E-state index contributed by atoms with van der Waals surface area (Å²) in [5, 5.41) is 3.26. The van der Waals surface area contributed by atoms with Crippen LogP contribution in [0.3, 0.4) is 0 Å². The first-order valence-corrected chi connectivity index (χ1v) is 5.74. The van der Waals surface area contributed by atoms with Crippen LogP contribution in [-0.4, -0.2) is 25.7 Å². The lowest BCUT2D eigenvalue weighted by atomic mass is 10.1. The maximum atomic E-state index is 13.6. The van der Waals surface area contributed by atoms with E-state index in [0.717, 1.165) is 18.6 Å². The van der Waals surface area contributed by atoms with Crippen molar-refractivity contribution in [1.82, 2.24) is 5.32 Å². The highest BCUT2D eigenvalue weighted by Crippen LogP contribution is 2.25. The molecule has 17 heavy (non-hydrogen) atoms. The van der Waals surface area contributed by atoms with E-state index in [4.69, 9.17) is 0 Å². The van der Waals surface area contributed by atoms with E-state index >= 15 is 0 Å². The third kappa shape index (κ3) is 2.54. The molecule has 1 fully saturated rings. The van der Waals surface area contributed by atoms with Crippen molar-refractivity contribution >= 4 is 5.69 Å². The molecule has 1 atom stereocenters. The molecule has 5 heteroatoms. The Balaban J connectivity index is 2.27. The Labute approximate surface area is 98.4 Å². The number of nitrogens with zero attached hydrogens (tertiary/aromatic N) is 1. The van der Waals surface area contributed by atoms with E-state index in [0.29, 0.717) is 19.6 Å². The van der Waals surface area contributed by atoms with Gasteiger partial charge >= 0.3 is 0 Å². The second-order valence-corrected chi connectivity index (χ2v) is 4.22. The zero-order chi connectivity index (χ0) is 12.4. The van der Waals surface area contributed by atoms with Gasteiger partial charge in [0, 0.05) is 37.8 Å². The zero-order valence-corrected chi connectivity index (χ0v) is 9.64. The molecule has 0 aliphatic carbocycles. The van der Waals surface area contributed by atoms with Gasteiger partial charge in [0.1, 0.15) is 11.5 Å². The van der Waals surface area contributed by atoms with Crippen LogP contribution in [0.1, 0.15) is 13.3 Å². The van der Waals surface area contributed by atoms with Crippen molar-refractivity contribution in [3.05, 3.63) is 29.6 Å². The summed E-state index contributed by atoms with van der Waals surface area (Å²) in [5.41, 5.74) is -0.119. The van der Waals surface area contributed by atoms with Gasteiger partial charge < -0.3 is 10.2 Å². The lowest BCUT2D eigenvalue weighted by Crippen LogP contribution is -2.51. The minimum Gasteiger partial charge on any atom is -0.364 e. The number of hydrogen-bond acceptors (Lipinski definition) is 2. The first kappa shape index (κ1) is 12.2. The monoisotopic (exact) mass is 244 g/mol. The lowest BCUT2D eigenvalue weighted by Gasteiger charge is -2.35. The number of anilines is 1. The quantitative estimate of drug-likeness (QED) is 0.858. The minimum atomic E-state index is -0.883. The molecular formula is C12H15F3N2. The van der Waals surface area contributed by atoms with Crippen molar-refractivity contribution in [2.45, 2.75) is 19.4 Å². The SMILES string of the molecule is CCC1CN(c2c(F)cc(F)cc2F)CCN1. The van der Waals surface area contributed by atoms with Gasteiger partial charge in [-0.2, -0.15) is 0 Å². The predicted octanol–water partition coefficient (Wildman–Crippen LogP) is 2.29. The summed E-state index contributed by atoms with van der Waals surface area (Å²) in [6.45, 7) is 3.75. The van der Waals surface area contributed by atoms with Crippen molar-refractivity contribution in [3.63, 3.8) is 0 Å². The van der Waals surface area contributed by atoms with E-state index in [1.807, 2.05) is 6.92 Å². The van der Waals surface area contributed by atoms with E-state index in [1.54, 1.807) is 4.90 Å². The number of hydrogen-bond donors (Lipinski definition) is 1. The minimum absolute atomic E-state index is 0.119. The zero-order valence-electron chi connectivity index (χ0n) is 9.64. The Morgan fingerprint density at radius 2 is 1.94 bits per heavy atom. The maximum Gasteiger partial charge on any atom is 0.152 e. The van der Waals surface area contributed by atoms with Crippen LogP contribution >= 0.6 is 0 Å². The van der Waals surface area contributed by atoms with Crippen molar-refractivity contribution in [3.8, 4) is 0 Å². The van der Waals surface area contributed by atoms with Gasteiger partial charge in [-0.15, -0.1) is 0 Å². The molecule has 0 bridgehead atoms. The number of halogens is 3. The van der Waals surface area contributed by atoms with Crippen molar-refractivity contribution in [1.29, 1.82) is 0 Å². The first-order chi connectivity index (χ1) is 8.11. The van der Waals surface area contributed by atoms with Crippen LogP contribution in [0.25, 0.3) is 0 Å². The summed E-state index contributed by atoms with van der Waals surface area (Å²) in [6, 6.07) is 1.66. The lowest BCUT2D eigenvalue weighted by molar-refractivity contribution is 0.436. The Morgan fingerprint density at radius 3 is 2.53 bits per heavy atom. The van der Waals surface area contributed by atoms with Gasteiger partial charge in [-0.25, -0.2) is 13.2 Å². The molecule has 0 radical (unpaired) electrons. The standard InChI is InChI=1S/C12H15F3N2/c1-2-9-7-17(4-3-16-9)12-10(14)5-8(13)6-11(12)15/h5-6,9,16H,2-4,7H2,1H3. The smallest absolute Gasteiger partial charge is 0.152 e. The highest BCUT2D eigenvalue weighted by molar-refractivity contribution is 5.50. The molecular weight excluding hydrogens is 229 g/mol. The number of benzene rings is 1. The molecule has 94 valence electrons. The summed E-state index contributed by atoms with van der Waals surface area (Å²) in [5.74, 6) is -2.55. The number of nitrogens with one attached hydrogen (secondary N) is 1. The van der Waals surface area contributed by atoms with Gasteiger partial charge in [-0.05, 0) is 6.42 Å². The van der Waals surface area contributed by atoms with E-state index in [1.165, 1.54) is 0 Å². The second kappa shape index (κ2) is 4.96. The van der Waals surface area contributed by atoms with Crippen molar-refractivity contribution in [2.24, 2.45) is 0 Å². The molecule has 0 aromatic heterocycles. The average Bonchev–Trinajstić information content (AvgIpc) is 2.28. The van der Waals surface area contributed by atoms with Crippen molar-refractivity contribution < 1.29 is 13.2 Å². The van der Waals surface area contributed by atoms with E-state index < -0.39 is 17.5 Å². The average molecular weight is 244 g/mol. The summed E-state index contributed by atoms with van der Waals surface area (Å²) in [7, 11) is 0. The highest BCUT2D eigenvalue weighted by Gasteiger charge is 2.23. The fourth-order valence-corrected chi connectivity index (χ4v) is 2.14. The van der Waals surface area contributed by atoms with Crippen LogP contribution in [0.4, 0.5) is 18.9 Å². The second-order valence-electron chi connectivity index (χ2n) is 4.22. The fourth-order valence-electron chi connectivity index (χ4n) is 2.14. The topological polar surface area (TPSA) is 15.3 Å². The Kier molecular flexibility index (Phi) is 3.57. The van der Waals surface area contributed by atoms with E-state index in [2.05, 4.69) is 5.32 Å². The largest absolute Gasteiger partial charge is 0.364 e. The molecule has 2 nitrogen and oxygen atoms in total. The molecule has 1 aromatic carbocycles. The maximum absolute atomic E-state index is 13.6. The van der Waals surface area contributed by atoms with Gasteiger partial charge in [-0.1, -0.05) is 6.92 Å². The fraction of sp³-hybridized carbons (Fsp3) is 0.500. The van der Waals surface area contributed by atoms with E-state index in [9.17, 15) is 13.2 Å². The summed E-state index contributed by atoms with van der Waals surface area (Å²) in [6.07, 6.45) is 0.890. The molecule has 0 spiro atoms. The summed E-state index contributed by atoms with van der Waals surface area (Å²) < 4.78 is 40.0. The molecule has 1 unspecified atom stereocenters. The number of rotatable bonds is 2. The summed E-state index contributed by atoms with van der Waals surface area (Å²) >= 11 is 0. The van der Waals surface area contributed by atoms with Gasteiger partial charge in [-0.3, -0.25) is 0 Å². The Bertz CT molecular complexity index is 386. The Hall–Kier alpha value is -1.23. The molecule has 1 saturated heterocycles. The molecule has 2 rings (SSSR count). The van der Waals surface area contributed by atoms with Crippen LogP contribution < -0.4 is 10.2 Å². The van der Waals surface area contributed by atoms with Gasteiger partial charge in [0.15, 0.2) is 11.6 Å². The third-order valence-electron chi connectivity index (χ3n) is 3.05. The number of piperazine rings is 1. The van der Waals surface area contributed by atoms with Gasteiger partial charge in [0.05, 0.1) is 0 Å². The van der Waals surface area contributed by atoms with Gasteiger partial charge in [0.2, 0.25) is 0 Å². The predicted molar refractivity (Wildman–Crippen MR) is 60.6 cm³/mol. The normalized spacial score (nSPS) is 20.7. The van der Waals surface area contributed by atoms with Crippen LogP contribution in [0.5, 0.6) is 0 Å². The van der Waals surface area contributed by atoms with Crippen LogP contribution in [-0.2, 0) is 0 Å². The Morgan fingerprint density at radius 1 is 1.29 bits per heavy atom. The molecule has 1 aliphatic heterocycles. The molecule has 0 saturated carbocycles. The van der Waals surface area contributed by atoms with Crippen molar-refractivity contribution in [2.75, 3.05) is 24.5 Å². The van der Waals surface area contributed by atoms with Crippen LogP contribution in [0.2, 0.25) is 0 Å². The third-order valence-corrected chi connectivity index (χ3v) is 3.05. The summed E-state index contributed by atoms with van der Waals surface area (Å²) in [4.78, 5) is 1.63. The first-order valence-electron chi connectivity index (χ1n) is 5.74. The molecule has 1 aromatic rings. The molecule has 1 heterocycles. The van der Waals surface area contributed by atoms with E-state index in [-0.39, 0.29) is 11.7 Å². The van der Waals surface area contributed by atoms with Crippen LogP contribution in [0.15, 0.2) is 12.1 Å². The highest BCUT2D eigenvalue weighted by atomic mass is 19.1. The molecule has 1 aliphatic rings.